The zero-order valence-corrected chi connectivity index (χ0v) is 11.4. The van der Waals surface area contributed by atoms with Gasteiger partial charge in [-0.3, -0.25) is 0 Å². The van der Waals surface area contributed by atoms with E-state index in [0.717, 1.165) is 11.4 Å². The highest BCUT2D eigenvalue weighted by atomic mass is 16.5. The maximum Gasteiger partial charge on any atom is 0.360 e. The summed E-state index contributed by atoms with van der Waals surface area (Å²) in [5.74, 6) is 0.833. The third kappa shape index (κ3) is 3.50. The number of hydrogen-bond acceptors (Lipinski definition) is 6. The predicted octanol–water partition coefficient (Wildman–Crippen LogP) is 2.47. The van der Waals surface area contributed by atoms with Gasteiger partial charge < -0.3 is 19.3 Å². The zero-order chi connectivity index (χ0) is 14.4. The number of esters is 1. The van der Waals surface area contributed by atoms with Crippen molar-refractivity contribution in [3.63, 3.8) is 0 Å². The van der Waals surface area contributed by atoms with E-state index in [0.29, 0.717) is 18.9 Å². The lowest BCUT2D eigenvalue weighted by molar-refractivity contribution is 0.0514. The second-order valence-electron chi connectivity index (χ2n) is 3.98. The first-order valence-electron chi connectivity index (χ1n) is 6.23. The van der Waals surface area contributed by atoms with Gasteiger partial charge in [-0.2, -0.15) is 0 Å². The lowest BCUT2D eigenvalue weighted by Crippen LogP contribution is -2.04. The molecule has 0 atom stereocenters. The van der Waals surface area contributed by atoms with E-state index in [-0.39, 0.29) is 5.69 Å². The van der Waals surface area contributed by atoms with E-state index in [2.05, 4.69) is 10.5 Å². The summed E-state index contributed by atoms with van der Waals surface area (Å²) in [5, 5.41) is 6.82. The third-order valence-corrected chi connectivity index (χ3v) is 2.58. The molecule has 0 radical (unpaired) electrons. The van der Waals surface area contributed by atoms with Gasteiger partial charge >= 0.3 is 5.97 Å². The number of carbonyl (C=O) groups excluding carboxylic acids is 1. The van der Waals surface area contributed by atoms with Crippen molar-refractivity contribution in [2.45, 2.75) is 13.5 Å². The molecule has 0 aliphatic heterocycles. The van der Waals surface area contributed by atoms with Crippen LogP contribution in [0.5, 0.6) is 5.75 Å². The Kier molecular flexibility index (Phi) is 4.60. The Morgan fingerprint density at radius 2 is 2.25 bits per heavy atom. The highest BCUT2D eigenvalue weighted by Gasteiger charge is 2.13. The van der Waals surface area contributed by atoms with Crippen LogP contribution < -0.4 is 10.1 Å². The molecule has 106 valence electrons. The van der Waals surface area contributed by atoms with Crippen molar-refractivity contribution in [3.05, 3.63) is 41.8 Å². The molecule has 2 rings (SSSR count). The molecule has 0 fully saturated rings. The van der Waals surface area contributed by atoms with Gasteiger partial charge in [0, 0.05) is 17.8 Å². The first-order valence-corrected chi connectivity index (χ1v) is 6.23. The van der Waals surface area contributed by atoms with E-state index in [1.165, 1.54) is 0 Å². The molecule has 6 heteroatoms. The first kappa shape index (κ1) is 13.9. The largest absolute Gasteiger partial charge is 0.497 e. The Morgan fingerprint density at radius 1 is 1.40 bits per heavy atom. The molecular formula is C14H16N2O4. The lowest BCUT2D eigenvalue weighted by atomic mass is 10.3. The van der Waals surface area contributed by atoms with Gasteiger partial charge in [-0.15, -0.1) is 0 Å². The molecule has 1 aromatic heterocycles. The number of methoxy groups -OCH3 is 1. The molecule has 0 saturated heterocycles. The minimum absolute atomic E-state index is 0.175. The molecule has 0 aliphatic rings. The second-order valence-corrected chi connectivity index (χ2v) is 3.98. The van der Waals surface area contributed by atoms with Gasteiger partial charge in [0.2, 0.25) is 0 Å². The smallest absolute Gasteiger partial charge is 0.360 e. The van der Waals surface area contributed by atoms with Crippen LogP contribution in [0, 0.1) is 0 Å². The van der Waals surface area contributed by atoms with Crippen molar-refractivity contribution >= 4 is 11.7 Å². The van der Waals surface area contributed by atoms with Gasteiger partial charge in [-0.25, -0.2) is 4.79 Å². The van der Waals surface area contributed by atoms with Crippen molar-refractivity contribution < 1.29 is 18.8 Å². The average Bonchev–Trinajstić information content (AvgIpc) is 2.94. The molecule has 0 bridgehead atoms. The summed E-state index contributed by atoms with van der Waals surface area (Å²) in [7, 11) is 1.61. The Bertz CT molecular complexity index is 580. The summed E-state index contributed by atoms with van der Waals surface area (Å²) in [5.41, 5.74) is 1.06. The number of rotatable bonds is 6. The van der Waals surface area contributed by atoms with Gasteiger partial charge in [0.1, 0.15) is 5.75 Å². The molecule has 6 nitrogen and oxygen atoms in total. The fourth-order valence-corrected chi connectivity index (χ4v) is 1.62. The van der Waals surface area contributed by atoms with E-state index < -0.39 is 5.97 Å². The van der Waals surface area contributed by atoms with Crippen molar-refractivity contribution in [3.8, 4) is 5.75 Å². The van der Waals surface area contributed by atoms with Gasteiger partial charge in [0.25, 0.3) is 0 Å². The number of aromatic nitrogens is 1. The quantitative estimate of drug-likeness (QED) is 0.817. The van der Waals surface area contributed by atoms with Gasteiger partial charge in [0.15, 0.2) is 11.5 Å². The molecule has 0 saturated carbocycles. The van der Waals surface area contributed by atoms with Gasteiger partial charge in [-0.1, -0.05) is 11.2 Å². The van der Waals surface area contributed by atoms with E-state index >= 15 is 0 Å². The van der Waals surface area contributed by atoms with Crippen LogP contribution in [0.3, 0.4) is 0 Å². The second kappa shape index (κ2) is 6.60. The summed E-state index contributed by atoms with van der Waals surface area (Å²) in [6, 6.07) is 9.07. The van der Waals surface area contributed by atoms with Crippen LogP contribution in [0.1, 0.15) is 23.2 Å². The summed E-state index contributed by atoms with van der Waals surface area (Å²) in [4.78, 5) is 11.4. The minimum atomic E-state index is -0.483. The van der Waals surface area contributed by atoms with Crippen molar-refractivity contribution in [1.82, 2.24) is 5.16 Å². The van der Waals surface area contributed by atoms with Crippen LogP contribution >= 0.6 is 0 Å². The van der Waals surface area contributed by atoms with Crippen molar-refractivity contribution in [2.24, 2.45) is 0 Å². The Balaban J connectivity index is 1.95. The van der Waals surface area contributed by atoms with E-state index in [1.54, 1.807) is 20.1 Å². The average molecular weight is 276 g/mol. The summed E-state index contributed by atoms with van der Waals surface area (Å²) >= 11 is 0. The van der Waals surface area contributed by atoms with E-state index in [9.17, 15) is 4.79 Å². The summed E-state index contributed by atoms with van der Waals surface area (Å²) < 4.78 is 15.0. The highest BCUT2D eigenvalue weighted by molar-refractivity contribution is 5.87. The van der Waals surface area contributed by atoms with Crippen LogP contribution in [0.2, 0.25) is 0 Å². The standard InChI is InChI=1S/C14H16N2O4/c1-3-19-14(17)13-8-12(20-16-13)9-15-10-5-4-6-11(7-10)18-2/h4-8,15H,3,9H2,1-2H3. The van der Waals surface area contributed by atoms with Crippen LogP contribution in [0.15, 0.2) is 34.9 Å². The van der Waals surface area contributed by atoms with Crippen molar-refractivity contribution in [2.75, 3.05) is 19.0 Å². The molecule has 0 amide bonds. The van der Waals surface area contributed by atoms with Crippen LogP contribution in [0.25, 0.3) is 0 Å². The number of anilines is 1. The molecule has 0 aliphatic carbocycles. The molecule has 1 N–H and O–H groups in total. The molecule has 1 heterocycles. The maximum absolute atomic E-state index is 11.4. The Morgan fingerprint density at radius 3 is 3.00 bits per heavy atom. The molecule has 1 aromatic carbocycles. The zero-order valence-electron chi connectivity index (χ0n) is 11.4. The minimum Gasteiger partial charge on any atom is -0.497 e. The number of benzene rings is 1. The molecular weight excluding hydrogens is 260 g/mol. The Hall–Kier alpha value is -2.50. The number of nitrogens with one attached hydrogen (secondary N) is 1. The number of hydrogen-bond donors (Lipinski definition) is 1. The SMILES string of the molecule is CCOC(=O)c1cc(CNc2cccc(OC)c2)on1. The van der Waals surface area contributed by atoms with E-state index in [1.807, 2.05) is 24.3 Å². The van der Waals surface area contributed by atoms with Gasteiger partial charge in [0.05, 0.1) is 20.3 Å². The molecule has 0 spiro atoms. The third-order valence-electron chi connectivity index (χ3n) is 2.58. The normalized spacial score (nSPS) is 10.1. The molecule has 2 aromatic rings. The van der Waals surface area contributed by atoms with Crippen LogP contribution in [-0.4, -0.2) is 24.8 Å². The number of carbonyl (C=O) groups is 1. The van der Waals surface area contributed by atoms with Crippen molar-refractivity contribution in [1.29, 1.82) is 0 Å². The summed E-state index contributed by atoms with van der Waals surface area (Å²) in [6.45, 7) is 2.46. The fraction of sp³-hybridized carbons (Fsp3) is 0.286. The van der Waals surface area contributed by atoms with E-state index in [4.69, 9.17) is 14.0 Å². The van der Waals surface area contributed by atoms with Crippen LogP contribution in [-0.2, 0) is 11.3 Å². The first-order chi connectivity index (χ1) is 9.72. The van der Waals surface area contributed by atoms with Gasteiger partial charge in [-0.05, 0) is 19.1 Å². The molecule has 0 unspecified atom stereocenters. The summed E-state index contributed by atoms with van der Waals surface area (Å²) in [6.07, 6.45) is 0. The molecule has 20 heavy (non-hydrogen) atoms. The Labute approximate surface area is 116 Å². The topological polar surface area (TPSA) is 73.6 Å². The monoisotopic (exact) mass is 276 g/mol. The maximum atomic E-state index is 11.4. The number of ether oxygens (including phenoxy) is 2. The van der Waals surface area contributed by atoms with Crippen LogP contribution in [0.4, 0.5) is 5.69 Å². The number of nitrogens with zero attached hydrogens (tertiary/aromatic N) is 1. The fourth-order valence-electron chi connectivity index (χ4n) is 1.62. The lowest BCUT2D eigenvalue weighted by Gasteiger charge is -2.05. The highest BCUT2D eigenvalue weighted by Crippen LogP contribution is 2.17. The predicted molar refractivity (Wildman–Crippen MR) is 72.8 cm³/mol.